The molecule has 2 aliphatic rings. The Balaban J connectivity index is 1.42. The Bertz CT molecular complexity index is 858. The number of carbonyl (C=O) groups excluding carboxylic acids is 1. The lowest BCUT2D eigenvalue weighted by Gasteiger charge is -2.33. The molecule has 0 aliphatic carbocycles. The van der Waals surface area contributed by atoms with Gasteiger partial charge in [0.1, 0.15) is 5.82 Å². The molecule has 2 aromatic rings. The smallest absolute Gasteiger partial charge is 0.347 e. The standard InChI is InChI=1S/C20H26N4O3/c1-14-4-2-3-5-17(14)24-18(21-22-20(24)26)12-15-6-9-23(10-7-15)19(25)16-8-11-27-13-16/h2-5,15-16H,6-13H2,1H3,(H,22,26)/t16-/m0/s1. The zero-order chi connectivity index (χ0) is 18.8. The number of rotatable bonds is 4. The molecule has 7 nitrogen and oxygen atoms in total. The lowest BCUT2D eigenvalue weighted by molar-refractivity contribution is -0.136. The van der Waals surface area contributed by atoms with Crippen molar-refractivity contribution in [2.75, 3.05) is 26.3 Å². The topological polar surface area (TPSA) is 80.2 Å². The summed E-state index contributed by atoms with van der Waals surface area (Å²) in [7, 11) is 0. The summed E-state index contributed by atoms with van der Waals surface area (Å²) in [4.78, 5) is 26.8. The molecule has 1 amide bonds. The van der Waals surface area contributed by atoms with Crippen molar-refractivity contribution in [3.63, 3.8) is 0 Å². The maximum Gasteiger partial charge on any atom is 0.347 e. The third-order valence-corrected chi connectivity index (χ3v) is 5.77. The van der Waals surface area contributed by atoms with E-state index in [2.05, 4.69) is 10.2 Å². The SMILES string of the molecule is Cc1ccccc1-n1c(CC2CCN(C(=O)[C@H]3CCOC3)CC2)n[nH]c1=O. The van der Waals surface area contributed by atoms with Crippen LogP contribution in [-0.2, 0) is 16.0 Å². The van der Waals surface area contributed by atoms with E-state index in [1.165, 1.54) is 0 Å². The summed E-state index contributed by atoms with van der Waals surface area (Å²) in [6.07, 6.45) is 3.46. The Hall–Kier alpha value is -2.41. The fraction of sp³-hybridized carbons (Fsp3) is 0.550. The van der Waals surface area contributed by atoms with Crippen molar-refractivity contribution in [3.8, 4) is 5.69 Å². The molecule has 3 heterocycles. The first-order valence-electron chi connectivity index (χ1n) is 9.72. The monoisotopic (exact) mass is 370 g/mol. The number of piperidine rings is 1. The molecule has 0 spiro atoms. The molecule has 0 saturated carbocycles. The fourth-order valence-electron chi connectivity index (χ4n) is 4.13. The van der Waals surface area contributed by atoms with Crippen LogP contribution in [0.25, 0.3) is 5.69 Å². The lowest BCUT2D eigenvalue weighted by Crippen LogP contribution is -2.42. The van der Waals surface area contributed by atoms with Gasteiger partial charge in [0.15, 0.2) is 0 Å². The molecule has 7 heteroatoms. The number of nitrogens with zero attached hydrogens (tertiary/aromatic N) is 3. The van der Waals surface area contributed by atoms with Gasteiger partial charge >= 0.3 is 5.69 Å². The van der Waals surface area contributed by atoms with Gasteiger partial charge in [-0.25, -0.2) is 14.5 Å². The van der Waals surface area contributed by atoms with Crippen LogP contribution in [0, 0.1) is 18.8 Å². The molecule has 27 heavy (non-hydrogen) atoms. The second kappa shape index (κ2) is 7.68. The first-order chi connectivity index (χ1) is 13.1. The van der Waals surface area contributed by atoms with Gasteiger partial charge in [0.2, 0.25) is 5.91 Å². The van der Waals surface area contributed by atoms with Gasteiger partial charge in [0.25, 0.3) is 0 Å². The third kappa shape index (κ3) is 3.69. The highest BCUT2D eigenvalue weighted by Crippen LogP contribution is 2.25. The summed E-state index contributed by atoms with van der Waals surface area (Å²) in [6, 6.07) is 7.84. The van der Waals surface area contributed by atoms with Crippen molar-refractivity contribution in [1.82, 2.24) is 19.7 Å². The number of H-pyrrole nitrogens is 1. The molecule has 1 aromatic carbocycles. The number of aromatic nitrogens is 3. The molecule has 144 valence electrons. The molecule has 0 radical (unpaired) electrons. The van der Waals surface area contributed by atoms with E-state index < -0.39 is 0 Å². The van der Waals surface area contributed by atoms with Gasteiger partial charge in [-0.2, -0.15) is 5.10 Å². The number of nitrogens with one attached hydrogen (secondary N) is 1. The van der Waals surface area contributed by atoms with Gasteiger partial charge in [0, 0.05) is 26.1 Å². The van der Waals surface area contributed by atoms with Gasteiger partial charge in [0.05, 0.1) is 18.2 Å². The number of carbonyl (C=O) groups is 1. The van der Waals surface area contributed by atoms with E-state index in [1.807, 2.05) is 36.1 Å². The van der Waals surface area contributed by atoms with Crippen molar-refractivity contribution >= 4 is 5.91 Å². The van der Waals surface area contributed by atoms with Crippen molar-refractivity contribution in [1.29, 1.82) is 0 Å². The average molecular weight is 370 g/mol. The molecule has 0 unspecified atom stereocenters. The predicted molar refractivity (Wildman–Crippen MR) is 101 cm³/mol. The largest absolute Gasteiger partial charge is 0.381 e. The second-order valence-electron chi connectivity index (χ2n) is 7.60. The number of para-hydroxylation sites is 1. The van der Waals surface area contributed by atoms with E-state index in [1.54, 1.807) is 4.57 Å². The summed E-state index contributed by atoms with van der Waals surface area (Å²) in [5.41, 5.74) is 1.72. The summed E-state index contributed by atoms with van der Waals surface area (Å²) in [6.45, 7) is 4.81. The van der Waals surface area contributed by atoms with Crippen LogP contribution < -0.4 is 5.69 Å². The van der Waals surface area contributed by atoms with E-state index in [0.29, 0.717) is 19.1 Å². The first-order valence-corrected chi connectivity index (χ1v) is 9.72. The van der Waals surface area contributed by atoms with Gasteiger partial charge in [-0.05, 0) is 43.7 Å². The summed E-state index contributed by atoms with van der Waals surface area (Å²) < 4.78 is 7.03. The summed E-state index contributed by atoms with van der Waals surface area (Å²) in [5.74, 6) is 1.47. The Labute approximate surface area is 158 Å². The number of amides is 1. The van der Waals surface area contributed by atoms with Crippen molar-refractivity contribution in [3.05, 3.63) is 46.1 Å². The molecule has 2 saturated heterocycles. The zero-order valence-electron chi connectivity index (χ0n) is 15.7. The number of aryl methyl sites for hydroxylation is 1. The highest BCUT2D eigenvalue weighted by Gasteiger charge is 2.31. The highest BCUT2D eigenvalue weighted by atomic mass is 16.5. The minimum Gasteiger partial charge on any atom is -0.381 e. The van der Waals surface area contributed by atoms with Gasteiger partial charge in [-0.15, -0.1) is 0 Å². The highest BCUT2D eigenvalue weighted by molar-refractivity contribution is 5.79. The lowest BCUT2D eigenvalue weighted by atomic mass is 9.92. The number of hydrogen-bond donors (Lipinski definition) is 1. The summed E-state index contributed by atoms with van der Waals surface area (Å²) in [5, 5.41) is 6.87. The Morgan fingerprint density at radius 2 is 2.04 bits per heavy atom. The molecule has 1 atom stereocenters. The second-order valence-corrected chi connectivity index (χ2v) is 7.60. The van der Waals surface area contributed by atoms with Crippen LogP contribution >= 0.6 is 0 Å². The fourth-order valence-corrected chi connectivity index (χ4v) is 4.13. The minimum atomic E-state index is -0.201. The van der Waals surface area contributed by atoms with Crippen LogP contribution in [0.3, 0.4) is 0 Å². The van der Waals surface area contributed by atoms with E-state index in [4.69, 9.17) is 4.74 Å². The van der Waals surface area contributed by atoms with Gasteiger partial charge < -0.3 is 9.64 Å². The predicted octanol–water partition coefficient (Wildman–Crippen LogP) is 1.69. The molecular weight excluding hydrogens is 344 g/mol. The van der Waals surface area contributed by atoms with Crippen molar-refractivity contribution in [2.24, 2.45) is 11.8 Å². The van der Waals surface area contributed by atoms with Gasteiger partial charge in [-0.3, -0.25) is 4.79 Å². The van der Waals surface area contributed by atoms with Crippen LogP contribution in [0.2, 0.25) is 0 Å². The van der Waals surface area contributed by atoms with Crippen LogP contribution in [0.1, 0.15) is 30.7 Å². The quantitative estimate of drug-likeness (QED) is 0.888. The Kier molecular flexibility index (Phi) is 5.11. The molecular formula is C20H26N4O3. The van der Waals surface area contributed by atoms with Crippen LogP contribution in [0.5, 0.6) is 0 Å². The zero-order valence-corrected chi connectivity index (χ0v) is 15.7. The molecule has 1 N–H and O–H groups in total. The Morgan fingerprint density at radius 1 is 1.26 bits per heavy atom. The molecule has 0 bridgehead atoms. The number of likely N-dealkylation sites (tertiary alicyclic amines) is 1. The van der Waals surface area contributed by atoms with E-state index in [-0.39, 0.29) is 17.5 Å². The number of benzene rings is 1. The van der Waals surface area contributed by atoms with E-state index in [9.17, 15) is 9.59 Å². The maximum atomic E-state index is 12.5. The minimum absolute atomic E-state index is 0.0409. The molecule has 2 aliphatic heterocycles. The maximum absolute atomic E-state index is 12.5. The van der Waals surface area contributed by atoms with Crippen LogP contribution in [-0.4, -0.2) is 51.9 Å². The van der Waals surface area contributed by atoms with Crippen LogP contribution in [0.15, 0.2) is 29.1 Å². The van der Waals surface area contributed by atoms with E-state index in [0.717, 1.165) is 55.8 Å². The number of hydrogen-bond acceptors (Lipinski definition) is 4. The van der Waals surface area contributed by atoms with Crippen molar-refractivity contribution in [2.45, 2.75) is 32.6 Å². The summed E-state index contributed by atoms with van der Waals surface area (Å²) >= 11 is 0. The average Bonchev–Trinajstić information content (AvgIpc) is 3.33. The van der Waals surface area contributed by atoms with E-state index >= 15 is 0 Å². The Morgan fingerprint density at radius 3 is 2.74 bits per heavy atom. The van der Waals surface area contributed by atoms with Crippen LogP contribution in [0.4, 0.5) is 0 Å². The van der Waals surface area contributed by atoms with Gasteiger partial charge in [-0.1, -0.05) is 18.2 Å². The molecule has 2 fully saturated rings. The normalized spacial score (nSPS) is 20.9. The third-order valence-electron chi connectivity index (χ3n) is 5.77. The molecule has 1 aromatic heterocycles. The first kappa shape index (κ1) is 18.0. The number of ether oxygens (including phenoxy) is 1. The number of aromatic amines is 1. The van der Waals surface area contributed by atoms with Crippen molar-refractivity contribution < 1.29 is 9.53 Å². The molecule has 4 rings (SSSR count).